The van der Waals surface area contributed by atoms with Crippen LogP contribution in [0.1, 0.15) is 36.2 Å². The van der Waals surface area contributed by atoms with Crippen LogP contribution in [0.15, 0.2) is 48.5 Å². The van der Waals surface area contributed by atoms with E-state index in [-0.39, 0.29) is 30.6 Å². The molecule has 136 valence electrons. The highest BCUT2D eigenvalue weighted by Gasteiger charge is 2.14. The first-order chi connectivity index (χ1) is 12.4. The Labute approximate surface area is 158 Å². The Kier molecular flexibility index (Phi) is 6.92. The minimum Gasteiger partial charge on any atom is -0.352 e. The average Bonchev–Trinajstić information content (AvgIpc) is 2.61. The third-order valence-electron chi connectivity index (χ3n) is 3.91. The Hall–Kier alpha value is -2.66. The summed E-state index contributed by atoms with van der Waals surface area (Å²) in [4.78, 5) is 37.0. The van der Waals surface area contributed by atoms with Crippen LogP contribution in [0.3, 0.4) is 0 Å². The number of carbonyl (C=O) groups is 3. The summed E-state index contributed by atoms with van der Waals surface area (Å²) in [7, 11) is 0. The van der Waals surface area contributed by atoms with Crippen LogP contribution in [0.4, 0.5) is 5.69 Å². The predicted molar refractivity (Wildman–Crippen MR) is 102 cm³/mol. The Bertz CT molecular complexity index is 803. The smallest absolute Gasteiger partial charge is 0.223 e. The number of nitrogens with one attached hydrogen (secondary N) is 1. The molecule has 0 unspecified atom stereocenters. The molecule has 2 amide bonds. The van der Waals surface area contributed by atoms with E-state index in [4.69, 9.17) is 11.6 Å². The van der Waals surface area contributed by atoms with Crippen molar-refractivity contribution in [3.8, 4) is 0 Å². The molecule has 6 heteroatoms. The summed E-state index contributed by atoms with van der Waals surface area (Å²) in [5.74, 6) is -0.416. The molecule has 0 fully saturated rings. The second kappa shape index (κ2) is 9.15. The second-order valence-electron chi connectivity index (χ2n) is 5.93. The van der Waals surface area contributed by atoms with Crippen molar-refractivity contribution >= 4 is 34.9 Å². The number of Topliss-reactive ketones (excluding diaryl/α,β-unsaturated/α-hetero) is 1. The van der Waals surface area contributed by atoms with Crippen molar-refractivity contribution in [2.45, 2.75) is 26.8 Å². The molecule has 0 saturated carbocycles. The zero-order valence-corrected chi connectivity index (χ0v) is 15.5. The summed E-state index contributed by atoms with van der Waals surface area (Å²) in [6, 6.07) is 14.1. The lowest BCUT2D eigenvalue weighted by Gasteiger charge is -2.21. The Morgan fingerprint density at radius 3 is 2.35 bits per heavy atom. The fraction of sp³-hybridized carbons (Fsp3) is 0.250. The Morgan fingerprint density at radius 2 is 1.73 bits per heavy atom. The fourth-order valence-electron chi connectivity index (χ4n) is 2.47. The molecule has 26 heavy (non-hydrogen) atoms. The predicted octanol–water partition coefficient (Wildman–Crippen LogP) is 3.60. The normalized spacial score (nSPS) is 10.3. The molecule has 2 aromatic rings. The van der Waals surface area contributed by atoms with Gasteiger partial charge in [0.05, 0.1) is 0 Å². The molecule has 0 aliphatic rings. The van der Waals surface area contributed by atoms with Crippen molar-refractivity contribution in [2.24, 2.45) is 0 Å². The highest BCUT2D eigenvalue weighted by atomic mass is 35.5. The van der Waals surface area contributed by atoms with Crippen molar-refractivity contribution in [3.05, 3.63) is 64.7 Å². The van der Waals surface area contributed by atoms with E-state index in [2.05, 4.69) is 5.32 Å². The molecule has 0 atom stereocenters. The van der Waals surface area contributed by atoms with E-state index in [0.717, 1.165) is 5.56 Å². The van der Waals surface area contributed by atoms with Gasteiger partial charge in [-0.25, -0.2) is 0 Å². The Balaban J connectivity index is 1.94. The molecular weight excluding hydrogens is 352 g/mol. The maximum absolute atomic E-state index is 12.1. The van der Waals surface area contributed by atoms with Crippen molar-refractivity contribution < 1.29 is 14.4 Å². The number of rotatable bonds is 7. The molecule has 0 spiro atoms. The summed E-state index contributed by atoms with van der Waals surface area (Å²) < 4.78 is 0. The first-order valence-electron chi connectivity index (χ1n) is 8.27. The van der Waals surface area contributed by atoms with E-state index in [1.165, 1.54) is 18.7 Å². The van der Waals surface area contributed by atoms with E-state index < -0.39 is 0 Å². The summed E-state index contributed by atoms with van der Waals surface area (Å²) >= 11 is 5.83. The van der Waals surface area contributed by atoms with E-state index in [0.29, 0.717) is 22.8 Å². The molecule has 2 rings (SSSR count). The van der Waals surface area contributed by atoms with Gasteiger partial charge in [-0.2, -0.15) is 0 Å². The zero-order valence-electron chi connectivity index (χ0n) is 14.8. The number of benzene rings is 2. The van der Waals surface area contributed by atoms with Gasteiger partial charge in [0.2, 0.25) is 11.8 Å². The van der Waals surface area contributed by atoms with Crippen LogP contribution in [0.5, 0.6) is 0 Å². The second-order valence-corrected chi connectivity index (χ2v) is 6.37. The van der Waals surface area contributed by atoms with Crippen LogP contribution >= 0.6 is 11.6 Å². The number of ketones is 1. The summed E-state index contributed by atoms with van der Waals surface area (Å²) in [5.41, 5.74) is 2.08. The van der Waals surface area contributed by atoms with Crippen LogP contribution in [0.25, 0.3) is 0 Å². The van der Waals surface area contributed by atoms with Crippen molar-refractivity contribution in [3.63, 3.8) is 0 Å². The van der Waals surface area contributed by atoms with Gasteiger partial charge in [0.25, 0.3) is 0 Å². The maximum atomic E-state index is 12.1. The topological polar surface area (TPSA) is 66.5 Å². The highest BCUT2D eigenvalue weighted by Crippen LogP contribution is 2.17. The number of hydrogen-bond acceptors (Lipinski definition) is 3. The Morgan fingerprint density at radius 1 is 1.04 bits per heavy atom. The highest BCUT2D eigenvalue weighted by molar-refractivity contribution is 6.30. The van der Waals surface area contributed by atoms with Gasteiger partial charge in [0, 0.05) is 42.7 Å². The molecule has 2 aromatic carbocycles. The molecule has 0 aromatic heterocycles. The van der Waals surface area contributed by atoms with Gasteiger partial charge < -0.3 is 10.2 Å². The standard InChI is InChI=1S/C20H21ClN2O3/c1-14(24)17-4-3-5-19(12-17)23(15(2)25)11-10-20(26)22-13-16-6-8-18(21)9-7-16/h3-9,12H,10-11,13H2,1-2H3,(H,22,26). The van der Waals surface area contributed by atoms with E-state index >= 15 is 0 Å². The molecule has 0 aliphatic carbocycles. The quantitative estimate of drug-likeness (QED) is 0.755. The number of amides is 2. The lowest BCUT2D eigenvalue weighted by atomic mass is 10.1. The molecule has 0 saturated heterocycles. The number of anilines is 1. The molecule has 5 nitrogen and oxygen atoms in total. The summed E-state index contributed by atoms with van der Waals surface area (Å²) in [5, 5.41) is 3.46. The van der Waals surface area contributed by atoms with E-state index in [1.54, 1.807) is 36.4 Å². The largest absolute Gasteiger partial charge is 0.352 e. The van der Waals surface area contributed by atoms with E-state index in [9.17, 15) is 14.4 Å². The lowest BCUT2D eigenvalue weighted by Crippen LogP contribution is -2.33. The maximum Gasteiger partial charge on any atom is 0.223 e. The summed E-state index contributed by atoms with van der Waals surface area (Å²) in [6.45, 7) is 3.55. The van der Waals surface area contributed by atoms with Crippen LogP contribution < -0.4 is 10.2 Å². The average molecular weight is 373 g/mol. The van der Waals surface area contributed by atoms with Crippen molar-refractivity contribution in [2.75, 3.05) is 11.4 Å². The third-order valence-corrected chi connectivity index (χ3v) is 4.16. The van der Waals surface area contributed by atoms with Crippen molar-refractivity contribution in [1.29, 1.82) is 0 Å². The van der Waals surface area contributed by atoms with Crippen LogP contribution in [-0.2, 0) is 16.1 Å². The van der Waals surface area contributed by atoms with Gasteiger partial charge >= 0.3 is 0 Å². The van der Waals surface area contributed by atoms with Gasteiger partial charge in [-0.1, -0.05) is 35.9 Å². The zero-order chi connectivity index (χ0) is 19.1. The molecule has 0 heterocycles. The van der Waals surface area contributed by atoms with Gasteiger partial charge in [-0.3, -0.25) is 14.4 Å². The SMILES string of the molecule is CC(=O)c1cccc(N(CCC(=O)NCc2ccc(Cl)cc2)C(C)=O)c1. The minimum absolute atomic E-state index is 0.0731. The fourth-order valence-corrected chi connectivity index (χ4v) is 2.59. The molecular formula is C20H21ClN2O3. The summed E-state index contributed by atoms with van der Waals surface area (Å²) in [6.07, 6.45) is 0.164. The molecule has 0 radical (unpaired) electrons. The van der Waals surface area contributed by atoms with Gasteiger partial charge in [-0.05, 0) is 36.8 Å². The number of halogens is 1. The van der Waals surface area contributed by atoms with Crippen molar-refractivity contribution in [1.82, 2.24) is 5.32 Å². The first kappa shape index (κ1) is 19.7. The minimum atomic E-state index is -0.184. The number of nitrogens with zero attached hydrogens (tertiary/aromatic N) is 1. The third kappa shape index (κ3) is 5.70. The van der Waals surface area contributed by atoms with E-state index in [1.807, 2.05) is 12.1 Å². The van der Waals surface area contributed by atoms with Gasteiger partial charge in [0.15, 0.2) is 5.78 Å². The van der Waals surface area contributed by atoms with Crippen LogP contribution in [0.2, 0.25) is 5.02 Å². The molecule has 0 aliphatic heterocycles. The number of hydrogen-bond donors (Lipinski definition) is 1. The van der Waals surface area contributed by atoms with Crippen LogP contribution in [0, 0.1) is 0 Å². The van der Waals surface area contributed by atoms with Crippen LogP contribution in [-0.4, -0.2) is 24.1 Å². The number of carbonyl (C=O) groups excluding carboxylic acids is 3. The monoisotopic (exact) mass is 372 g/mol. The first-order valence-corrected chi connectivity index (χ1v) is 8.65. The van der Waals surface area contributed by atoms with Gasteiger partial charge in [0.1, 0.15) is 0 Å². The lowest BCUT2D eigenvalue weighted by molar-refractivity contribution is -0.121. The van der Waals surface area contributed by atoms with Gasteiger partial charge in [-0.15, -0.1) is 0 Å². The molecule has 0 bridgehead atoms. The molecule has 1 N–H and O–H groups in total.